The van der Waals surface area contributed by atoms with Gasteiger partial charge >= 0.3 is 0 Å². The number of hydrogen-bond donors (Lipinski definition) is 0. The summed E-state index contributed by atoms with van der Waals surface area (Å²) in [6, 6.07) is 75.4. The van der Waals surface area contributed by atoms with Crippen molar-refractivity contribution in [1.82, 2.24) is 15.0 Å². The Bertz CT molecular complexity index is 3380. The van der Waals surface area contributed by atoms with E-state index in [-0.39, 0.29) is 0 Å². The molecule has 0 amide bonds. The molecule has 3 heterocycles. The molecule has 0 radical (unpaired) electrons. The largest absolute Gasteiger partial charge is 0.208 e. The normalized spacial score (nSPS) is 11.5. The zero-order valence-corrected chi connectivity index (χ0v) is 35.0. The first-order valence-electron chi connectivity index (χ1n) is 20.8. The molecule has 0 N–H and O–H groups in total. The molecule has 3 aromatic heterocycles. The summed E-state index contributed by atoms with van der Waals surface area (Å²) >= 11 is 3.65. The molecule has 12 rings (SSSR count). The molecule has 0 spiro atoms. The molecule has 5 heteroatoms. The second kappa shape index (κ2) is 15.2. The highest BCUT2D eigenvalue weighted by Crippen LogP contribution is 2.49. The van der Waals surface area contributed by atoms with E-state index in [2.05, 4.69) is 194 Å². The molecular weight excluding hydrogens is 791 g/mol. The van der Waals surface area contributed by atoms with Crippen LogP contribution in [0, 0.1) is 0 Å². The molecule has 0 aliphatic rings. The molecule has 12 aromatic rings. The van der Waals surface area contributed by atoms with Crippen molar-refractivity contribution in [3.05, 3.63) is 212 Å². The zero-order chi connectivity index (χ0) is 41.0. The van der Waals surface area contributed by atoms with E-state index < -0.39 is 0 Å². The van der Waals surface area contributed by atoms with Gasteiger partial charge in [0.05, 0.1) is 0 Å². The van der Waals surface area contributed by atoms with E-state index in [4.69, 9.17) is 15.0 Å². The van der Waals surface area contributed by atoms with E-state index in [0.29, 0.717) is 17.5 Å². The van der Waals surface area contributed by atoms with Crippen LogP contribution in [0.1, 0.15) is 0 Å². The summed E-state index contributed by atoms with van der Waals surface area (Å²) in [4.78, 5) is 16.1. The Balaban J connectivity index is 1.13. The van der Waals surface area contributed by atoms with Crippen LogP contribution in [0.4, 0.5) is 0 Å². The summed E-state index contributed by atoms with van der Waals surface area (Å²) in [5.74, 6) is 1.95. The number of fused-ring (bicyclic) bond motifs is 6. The highest BCUT2D eigenvalue weighted by Gasteiger charge is 2.23. The van der Waals surface area contributed by atoms with Crippen molar-refractivity contribution in [3.63, 3.8) is 0 Å². The Morgan fingerprint density at radius 1 is 0.226 bits per heavy atom. The van der Waals surface area contributed by atoms with E-state index in [0.717, 1.165) is 26.1 Å². The average molecular weight is 826 g/mol. The van der Waals surface area contributed by atoms with E-state index in [9.17, 15) is 0 Å². The smallest absolute Gasteiger partial charge is 0.165 e. The molecule has 0 fully saturated rings. The standard InChI is InChI=1S/C57H35N3S2/c1-6-18-36(19-7-1)41-32-34-43(38-22-10-3-11-23-38)53-49(41)45-28-16-30-47(51(45)61-53)56-58-55(40-26-14-5-15-27-40)59-57(60-56)48-31-17-29-46-50-42(37-20-8-2-9-21-37)33-35-44(54(50)62-52(46)48)39-24-12-4-13-25-39/h1-35H. The van der Waals surface area contributed by atoms with Crippen LogP contribution in [0.15, 0.2) is 212 Å². The first kappa shape index (κ1) is 36.3. The highest BCUT2D eigenvalue weighted by molar-refractivity contribution is 7.27. The van der Waals surface area contributed by atoms with Gasteiger partial charge < -0.3 is 0 Å². The molecule has 0 aliphatic carbocycles. The lowest BCUT2D eigenvalue weighted by Crippen LogP contribution is -2.00. The van der Waals surface area contributed by atoms with Crippen molar-refractivity contribution in [2.24, 2.45) is 0 Å². The minimum atomic E-state index is 0.645. The number of aromatic nitrogens is 3. The summed E-state index contributed by atoms with van der Waals surface area (Å²) in [5, 5.41) is 4.87. The number of hydrogen-bond acceptors (Lipinski definition) is 5. The molecule has 0 bridgehead atoms. The zero-order valence-electron chi connectivity index (χ0n) is 33.4. The van der Waals surface area contributed by atoms with Gasteiger partial charge in [0, 0.05) is 57.0 Å². The first-order chi connectivity index (χ1) is 30.8. The summed E-state index contributed by atoms with van der Waals surface area (Å²) in [5.41, 5.74) is 12.6. The predicted octanol–water partition coefficient (Wildman–Crippen LogP) is 16.3. The van der Waals surface area contributed by atoms with Crippen molar-refractivity contribution in [2.45, 2.75) is 0 Å². The Morgan fingerprint density at radius 2 is 0.548 bits per heavy atom. The molecule has 290 valence electrons. The van der Waals surface area contributed by atoms with Crippen LogP contribution in [0.5, 0.6) is 0 Å². The van der Waals surface area contributed by atoms with Gasteiger partial charge in [-0.05, 0) is 56.6 Å². The third-order valence-corrected chi connectivity index (χ3v) is 14.3. The van der Waals surface area contributed by atoms with Crippen LogP contribution in [0.3, 0.4) is 0 Å². The minimum Gasteiger partial charge on any atom is -0.208 e. The van der Waals surface area contributed by atoms with Crippen LogP contribution >= 0.6 is 22.7 Å². The summed E-state index contributed by atoms with van der Waals surface area (Å²) in [6.45, 7) is 0. The van der Waals surface area contributed by atoms with Gasteiger partial charge in [0.1, 0.15) is 0 Å². The summed E-state index contributed by atoms with van der Waals surface area (Å²) < 4.78 is 4.80. The fourth-order valence-electron chi connectivity index (χ4n) is 8.90. The maximum Gasteiger partial charge on any atom is 0.165 e. The lowest BCUT2D eigenvalue weighted by Gasteiger charge is -2.10. The fraction of sp³-hybridized carbons (Fsp3) is 0. The quantitative estimate of drug-likeness (QED) is 0.161. The molecule has 62 heavy (non-hydrogen) atoms. The maximum atomic E-state index is 5.45. The van der Waals surface area contributed by atoms with Crippen molar-refractivity contribution >= 4 is 63.0 Å². The molecule has 0 aliphatic heterocycles. The van der Waals surface area contributed by atoms with E-state index in [1.165, 1.54) is 75.5 Å². The molecule has 0 saturated carbocycles. The third-order valence-electron chi connectivity index (χ3n) is 11.8. The summed E-state index contributed by atoms with van der Waals surface area (Å²) in [7, 11) is 0. The third kappa shape index (κ3) is 6.13. The molecule has 3 nitrogen and oxygen atoms in total. The predicted molar refractivity (Wildman–Crippen MR) is 264 cm³/mol. The molecule has 0 saturated heterocycles. The monoisotopic (exact) mass is 825 g/mol. The summed E-state index contributed by atoms with van der Waals surface area (Å²) in [6.07, 6.45) is 0. The maximum absolute atomic E-state index is 5.45. The van der Waals surface area contributed by atoms with Gasteiger partial charge in [0.15, 0.2) is 17.5 Å². The second-order valence-corrected chi connectivity index (χ2v) is 17.5. The first-order valence-corrected chi connectivity index (χ1v) is 22.4. The topological polar surface area (TPSA) is 38.7 Å². The highest BCUT2D eigenvalue weighted by atomic mass is 32.1. The van der Waals surface area contributed by atoms with E-state index in [1.54, 1.807) is 0 Å². The number of rotatable bonds is 7. The van der Waals surface area contributed by atoms with Gasteiger partial charge in [-0.1, -0.05) is 200 Å². The van der Waals surface area contributed by atoms with Crippen molar-refractivity contribution < 1.29 is 0 Å². The Kier molecular flexibility index (Phi) is 8.87. The Morgan fingerprint density at radius 3 is 0.935 bits per heavy atom. The van der Waals surface area contributed by atoms with Crippen LogP contribution in [0.2, 0.25) is 0 Å². The average Bonchev–Trinajstić information content (AvgIpc) is 3.95. The Hall–Kier alpha value is -7.57. The van der Waals surface area contributed by atoms with E-state index >= 15 is 0 Å². The molecule has 0 unspecified atom stereocenters. The lowest BCUT2D eigenvalue weighted by molar-refractivity contribution is 1.08. The van der Waals surface area contributed by atoms with Crippen molar-refractivity contribution in [3.8, 4) is 78.7 Å². The second-order valence-electron chi connectivity index (χ2n) is 15.4. The van der Waals surface area contributed by atoms with Gasteiger partial charge in [0.25, 0.3) is 0 Å². The van der Waals surface area contributed by atoms with Crippen LogP contribution < -0.4 is 0 Å². The van der Waals surface area contributed by atoms with Gasteiger partial charge in [-0.3, -0.25) is 0 Å². The van der Waals surface area contributed by atoms with Crippen molar-refractivity contribution in [2.75, 3.05) is 0 Å². The SMILES string of the molecule is c1ccc(-c2nc(-c3cccc4c3sc3c(-c5ccccc5)ccc(-c5ccccc5)c34)nc(-c3cccc4c3sc3c(-c5ccccc5)ccc(-c5ccccc5)c34)n2)cc1. The van der Waals surface area contributed by atoms with Crippen LogP contribution in [-0.4, -0.2) is 15.0 Å². The minimum absolute atomic E-state index is 0.645. The molecule has 0 atom stereocenters. The van der Waals surface area contributed by atoms with Gasteiger partial charge in [-0.2, -0.15) is 0 Å². The molecular formula is C57H35N3S2. The van der Waals surface area contributed by atoms with Gasteiger partial charge in [-0.25, -0.2) is 15.0 Å². The van der Waals surface area contributed by atoms with Crippen molar-refractivity contribution in [1.29, 1.82) is 0 Å². The number of thiophene rings is 2. The molecule has 9 aromatic carbocycles. The fourth-order valence-corrected chi connectivity index (χ4v) is 11.6. The van der Waals surface area contributed by atoms with Gasteiger partial charge in [0.2, 0.25) is 0 Å². The van der Waals surface area contributed by atoms with Crippen LogP contribution in [0.25, 0.3) is 119 Å². The Labute approximate surface area is 366 Å². The number of nitrogens with zero attached hydrogens (tertiary/aromatic N) is 3. The van der Waals surface area contributed by atoms with E-state index in [1.807, 2.05) is 40.9 Å². The van der Waals surface area contributed by atoms with Gasteiger partial charge in [-0.15, -0.1) is 22.7 Å². The lowest BCUT2D eigenvalue weighted by atomic mass is 9.94. The van der Waals surface area contributed by atoms with Crippen LogP contribution in [-0.2, 0) is 0 Å². The number of benzene rings is 9.